The molecule has 0 atom stereocenters. The molecule has 0 aliphatic rings. The molecule has 0 amide bonds. The second-order valence-electron chi connectivity index (χ2n) is 2.24. The first-order chi connectivity index (χ1) is 7.42. The molecule has 0 radical (unpaired) electrons. The van der Waals surface area contributed by atoms with Crippen molar-refractivity contribution in [2.24, 2.45) is 0 Å². The molecule has 0 fully saturated rings. The van der Waals surface area contributed by atoms with Gasteiger partial charge in [0.15, 0.2) is 10.8 Å². The molecule has 0 unspecified atom stereocenters. The van der Waals surface area contributed by atoms with E-state index >= 15 is 0 Å². The number of nitrogens with zero attached hydrogens (tertiary/aromatic N) is 2. The lowest BCUT2D eigenvalue weighted by Gasteiger charge is -1.91. The number of hydrogen-bond acceptors (Lipinski definition) is 4. The van der Waals surface area contributed by atoms with Crippen LogP contribution in [0.4, 0.5) is 14.6 Å². The van der Waals surface area contributed by atoms with Gasteiger partial charge in [0.05, 0.1) is 22.2 Å². The summed E-state index contributed by atoms with van der Waals surface area (Å²) in [7, 11) is -2.28. The average Bonchev–Trinajstić information content (AvgIpc) is 2.25. The first-order valence-corrected chi connectivity index (χ1v) is 4.31. The van der Waals surface area contributed by atoms with E-state index in [1.54, 1.807) is 0 Å². The first-order valence-electron chi connectivity index (χ1n) is 3.55. The predicted octanol–water partition coefficient (Wildman–Crippen LogP) is 2.47. The maximum Gasteiger partial charge on any atom is 0.667 e. The minimum Gasteiger partial charge on any atom is -0.400 e. The SMILES string of the molecule is N#[N+]c1cc(Cl)c(F)c(Cl)c1.OB(O)OF. The molecule has 0 saturated carbocycles. The zero-order chi connectivity index (χ0) is 12.7. The molecule has 0 aliphatic heterocycles. The minimum absolute atomic E-state index is 0.126. The van der Waals surface area contributed by atoms with Gasteiger partial charge in [0.1, 0.15) is 0 Å². The summed E-state index contributed by atoms with van der Waals surface area (Å²) in [5, 5.41) is 22.6. The van der Waals surface area contributed by atoms with E-state index in [9.17, 15) is 8.92 Å². The molecule has 2 N–H and O–H groups in total. The van der Waals surface area contributed by atoms with E-state index in [4.69, 9.17) is 38.6 Å². The summed E-state index contributed by atoms with van der Waals surface area (Å²) in [6.07, 6.45) is 0. The van der Waals surface area contributed by atoms with E-state index in [1.165, 1.54) is 12.1 Å². The van der Waals surface area contributed by atoms with Crippen LogP contribution in [0.3, 0.4) is 0 Å². The molecule has 1 aromatic rings. The summed E-state index contributed by atoms with van der Waals surface area (Å²) in [5.41, 5.74) is 0.126. The van der Waals surface area contributed by atoms with E-state index in [0.717, 1.165) is 0 Å². The molecular weight excluding hydrogens is 268 g/mol. The zero-order valence-corrected chi connectivity index (χ0v) is 8.95. The molecule has 16 heavy (non-hydrogen) atoms. The van der Waals surface area contributed by atoms with Gasteiger partial charge in [-0.05, 0) is 0 Å². The van der Waals surface area contributed by atoms with Crippen molar-refractivity contribution in [1.82, 2.24) is 0 Å². The topological polar surface area (TPSA) is 77.8 Å². The van der Waals surface area contributed by atoms with E-state index < -0.39 is 13.1 Å². The van der Waals surface area contributed by atoms with Crippen LogP contribution >= 0.6 is 23.2 Å². The van der Waals surface area contributed by atoms with Crippen molar-refractivity contribution in [2.75, 3.05) is 0 Å². The van der Waals surface area contributed by atoms with Crippen LogP contribution in [0.5, 0.6) is 0 Å². The summed E-state index contributed by atoms with van der Waals surface area (Å²) in [6, 6.07) is 2.34. The summed E-state index contributed by atoms with van der Waals surface area (Å²) in [6.45, 7) is 0. The van der Waals surface area contributed by atoms with Gasteiger partial charge in [0, 0.05) is 0 Å². The molecule has 0 aromatic heterocycles. The van der Waals surface area contributed by atoms with Gasteiger partial charge in [0.2, 0.25) is 5.39 Å². The molecule has 86 valence electrons. The Morgan fingerprint density at radius 2 is 1.69 bits per heavy atom. The van der Waals surface area contributed by atoms with Crippen molar-refractivity contribution >= 4 is 36.2 Å². The van der Waals surface area contributed by atoms with Crippen LogP contribution < -0.4 is 0 Å². The Morgan fingerprint density at radius 3 is 1.94 bits per heavy atom. The number of benzene rings is 1. The smallest absolute Gasteiger partial charge is 0.400 e. The van der Waals surface area contributed by atoms with Crippen LogP contribution in [0.2, 0.25) is 10.0 Å². The molecule has 0 bridgehead atoms. The average molecular weight is 272 g/mol. The molecule has 0 aliphatic carbocycles. The lowest BCUT2D eigenvalue weighted by atomic mass is 10.3. The fraction of sp³-hybridized carbons (Fsp3) is 0. The van der Waals surface area contributed by atoms with E-state index in [0.29, 0.717) is 0 Å². The van der Waals surface area contributed by atoms with Gasteiger partial charge in [-0.3, -0.25) is 0 Å². The van der Waals surface area contributed by atoms with E-state index in [2.05, 4.69) is 9.83 Å². The molecule has 1 rings (SSSR count). The number of hydrogen-bond donors (Lipinski definition) is 2. The van der Waals surface area contributed by atoms with Crippen LogP contribution in [-0.2, 0) is 4.86 Å². The summed E-state index contributed by atoms with van der Waals surface area (Å²) >= 11 is 10.7. The molecule has 0 spiro atoms. The van der Waals surface area contributed by atoms with Crippen molar-refractivity contribution in [3.05, 3.63) is 33.0 Å². The fourth-order valence-corrected chi connectivity index (χ4v) is 1.08. The van der Waals surface area contributed by atoms with Gasteiger partial charge in [-0.1, -0.05) is 27.7 Å². The maximum atomic E-state index is 12.7. The van der Waals surface area contributed by atoms with Crippen molar-refractivity contribution in [3.63, 3.8) is 0 Å². The maximum absolute atomic E-state index is 12.7. The Labute approximate surface area is 98.9 Å². The molecule has 0 heterocycles. The predicted molar refractivity (Wildman–Crippen MR) is 53.5 cm³/mol. The second-order valence-corrected chi connectivity index (χ2v) is 3.05. The summed E-state index contributed by atoms with van der Waals surface area (Å²) in [5.74, 6) is -0.708. The first kappa shape index (κ1) is 15.0. The Hall–Kier alpha value is -0.975. The molecule has 0 saturated heterocycles. The normalized spacial score (nSPS) is 8.81. The van der Waals surface area contributed by atoms with Gasteiger partial charge in [0.25, 0.3) is 0 Å². The van der Waals surface area contributed by atoms with Crippen LogP contribution in [0.1, 0.15) is 0 Å². The standard InChI is InChI=1S/C6H2Cl2FN2.BFH2O3/c7-4-1-3(11-10)2-5(8)6(4)9;2-5-1(3)4/h1-2H;3-4H/q+1;. The summed E-state index contributed by atoms with van der Waals surface area (Å²) < 4.78 is 22.8. The second kappa shape index (κ2) is 7.32. The Bertz CT molecular complexity index is 379. The molecule has 1 aromatic carbocycles. The molecular formula is C6H4BCl2F2N2O3+. The zero-order valence-electron chi connectivity index (χ0n) is 7.44. The number of halogens is 4. The lowest BCUT2D eigenvalue weighted by molar-refractivity contribution is -0.0560. The number of diazo groups is 1. The highest BCUT2D eigenvalue weighted by Gasteiger charge is 2.13. The van der Waals surface area contributed by atoms with Gasteiger partial charge in [-0.25, -0.2) is 4.39 Å². The van der Waals surface area contributed by atoms with E-state index in [-0.39, 0.29) is 15.7 Å². The van der Waals surface area contributed by atoms with Gasteiger partial charge < -0.3 is 10.0 Å². The van der Waals surface area contributed by atoms with Gasteiger partial charge in [-0.15, -0.1) is 0 Å². The highest BCUT2D eigenvalue weighted by Crippen LogP contribution is 2.28. The van der Waals surface area contributed by atoms with Crippen molar-refractivity contribution in [3.8, 4) is 0 Å². The van der Waals surface area contributed by atoms with E-state index in [1.807, 2.05) is 0 Å². The highest BCUT2D eigenvalue weighted by atomic mass is 35.5. The van der Waals surface area contributed by atoms with Crippen LogP contribution in [-0.4, -0.2) is 17.4 Å². The third-order valence-electron chi connectivity index (χ3n) is 1.16. The highest BCUT2D eigenvalue weighted by molar-refractivity contribution is 6.35. The lowest BCUT2D eigenvalue weighted by Crippen LogP contribution is -2.10. The van der Waals surface area contributed by atoms with Gasteiger partial charge in [-0.2, -0.15) is 4.86 Å². The Morgan fingerprint density at radius 1 is 1.31 bits per heavy atom. The largest absolute Gasteiger partial charge is 0.667 e. The fourth-order valence-electron chi connectivity index (χ4n) is 0.600. The minimum atomic E-state index is -2.28. The van der Waals surface area contributed by atoms with Crippen molar-refractivity contribution in [2.45, 2.75) is 0 Å². The summed E-state index contributed by atoms with van der Waals surface area (Å²) in [4.78, 5) is 5.16. The van der Waals surface area contributed by atoms with Crippen molar-refractivity contribution < 1.29 is 23.8 Å². The molecule has 5 nitrogen and oxygen atoms in total. The third-order valence-corrected chi connectivity index (χ3v) is 1.71. The number of rotatable bonds is 1. The van der Waals surface area contributed by atoms with Gasteiger partial charge >= 0.3 is 13.0 Å². The quantitative estimate of drug-likeness (QED) is 0.467. The molecule has 10 heteroatoms. The Kier molecular flexibility index (Phi) is 6.88. The van der Waals surface area contributed by atoms with Crippen molar-refractivity contribution in [1.29, 1.82) is 5.39 Å². The van der Waals surface area contributed by atoms with Crippen LogP contribution in [0, 0.1) is 11.2 Å². The third kappa shape index (κ3) is 5.20. The Balaban J connectivity index is 0.000000385. The van der Waals surface area contributed by atoms with Crippen LogP contribution in [0.15, 0.2) is 12.1 Å². The van der Waals surface area contributed by atoms with Crippen LogP contribution in [0.25, 0.3) is 4.98 Å². The monoisotopic (exact) mass is 271 g/mol.